The molecule has 1 aromatic rings. The molecule has 0 N–H and O–H groups in total. The highest BCUT2D eigenvalue weighted by atomic mass is 35.5. The van der Waals surface area contributed by atoms with E-state index in [1.807, 2.05) is 13.8 Å². The minimum Gasteiger partial charge on any atom is -0.461 e. The minimum atomic E-state index is -0.272. The predicted molar refractivity (Wildman–Crippen MR) is 81.6 cm³/mol. The lowest BCUT2D eigenvalue weighted by atomic mass is 10.1. The van der Waals surface area contributed by atoms with Crippen LogP contribution in [0.15, 0.2) is 27.1 Å². The monoisotopic (exact) mass is 326 g/mol. The van der Waals surface area contributed by atoms with Crippen LogP contribution in [-0.2, 0) is 22.6 Å². The van der Waals surface area contributed by atoms with Gasteiger partial charge in [0, 0.05) is 0 Å². The molecular weight excluding hydrogens is 311 g/mol. The smallest absolute Gasteiger partial charge is 0.310 e. The summed E-state index contributed by atoms with van der Waals surface area (Å²) >= 11 is 11.3. The Hall–Kier alpha value is -1.37. The summed E-state index contributed by atoms with van der Waals surface area (Å²) in [5, 5.41) is 0. The molecule has 0 radical (unpaired) electrons. The number of rotatable bonds is 5. The van der Waals surface area contributed by atoms with Gasteiger partial charge in [-0.2, -0.15) is 0 Å². The van der Waals surface area contributed by atoms with Crippen LogP contribution in [0.2, 0.25) is 0 Å². The summed E-state index contributed by atoms with van der Waals surface area (Å²) in [5.41, 5.74) is -0.191. The van der Waals surface area contributed by atoms with Crippen LogP contribution in [0.4, 0.5) is 0 Å². The van der Waals surface area contributed by atoms with Crippen molar-refractivity contribution < 1.29 is 13.9 Å². The van der Waals surface area contributed by atoms with E-state index in [1.54, 1.807) is 18.2 Å². The largest absolute Gasteiger partial charge is 0.461 e. The van der Waals surface area contributed by atoms with Gasteiger partial charge in [-0.15, -0.1) is 6.42 Å². The maximum Gasteiger partial charge on any atom is 0.310 e. The number of carbonyl (C=O) groups excluding carboxylic acids is 1. The molecule has 0 spiro atoms. The summed E-state index contributed by atoms with van der Waals surface area (Å²) < 4.78 is 10.9. The van der Waals surface area contributed by atoms with E-state index in [0.29, 0.717) is 17.9 Å². The van der Waals surface area contributed by atoms with Crippen LogP contribution < -0.4 is 0 Å². The standard InChI is InChI=1S/C16H16Cl2O3/c1-4-5-10-6-7-11(21-10)9-20-15(19)14-12(8-13(17)18)16(14,2)3/h1,6-8,12,14H,5,9H2,2-3H3/t12-,14+/m1/s1. The summed E-state index contributed by atoms with van der Waals surface area (Å²) in [5.74, 6) is 3.26. The average Bonchev–Trinajstić information content (AvgIpc) is 2.75. The molecule has 5 heteroatoms. The second kappa shape index (κ2) is 6.17. The first-order valence-corrected chi connectivity index (χ1v) is 7.32. The first-order chi connectivity index (χ1) is 9.86. The number of halogens is 2. The molecule has 2 atom stereocenters. The molecule has 1 aliphatic carbocycles. The summed E-state index contributed by atoms with van der Waals surface area (Å²) in [6.45, 7) is 4.06. The van der Waals surface area contributed by atoms with Crippen LogP contribution in [0.25, 0.3) is 0 Å². The maximum atomic E-state index is 12.1. The van der Waals surface area contributed by atoms with Crippen molar-refractivity contribution >= 4 is 29.2 Å². The number of carbonyl (C=O) groups is 1. The molecule has 0 saturated heterocycles. The van der Waals surface area contributed by atoms with Gasteiger partial charge in [-0.25, -0.2) is 0 Å². The lowest BCUT2D eigenvalue weighted by Crippen LogP contribution is -2.10. The number of esters is 1. The number of furan rings is 1. The van der Waals surface area contributed by atoms with Crippen LogP contribution in [0.1, 0.15) is 25.4 Å². The zero-order valence-electron chi connectivity index (χ0n) is 11.9. The number of hydrogen-bond donors (Lipinski definition) is 0. The van der Waals surface area contributed by atoms with Crippen molar-refractivity contribution in [2.45, 2.75) is 26.9 Å². The van der Waals surface area contributed by atoms with Gasteiger partial charge in [-0.3, -0.25) is 4.79 Å². The zero-order chi connectivity index (χ0) is 15.6. The van der Waals surface area contributed by atoms with E-state index in [2.05, 4.69) is 5.92 Å². The number of terminal acetylenes is 1. The van der Waals surface area contributed by atoms with Gasteiger partial charge < -0.3 is 9.15 Å². The minimum absolute atomic E-state index is 0.00334. The second-order valence-corrected chi connectivity index (χ2v) is 6.65. The fraction of sp³-hybridized carbons (Fsp3) is 0.438. The van der Waals surface area contributed by atoms with E-state index in [4.69, 9.17) is 38.8 Å². The van der Waals surface area contributed by atoms with Gasteiger partial charge in [-0.05, 0) is 29.5 Å². The number of allylic oxidation sites excluding steroid dienone is 1. The topological polar surface area (TPSA) is 39.4 Å². The van der Waals surface area contributed by atoms with E-state index >= 15 is 0 Å². The lowest BCUT2D eigenvalue weighted by molar-refractivity contribution is -0.148. The van der Waals surface area contributed by atoms with Crippen molar-refractivity contribution in [1.29, 1.82) is 0 Å². The number of ether oxygens (including phenoxy) is 1. The summed E-state index contributed by atoms with van der Waals surface area (Å²) in [6, 6.07) is 3.54. The Morgan fingerprint density at radius 3 is 2.76 bits per heavy atom. The first kappa shape index (κ1) is 16.0. The molecule has 0 aromatic carbocycles. The highest BCUT2D eigenvalue weighted by Crippen LogP contribution is 2.60. The molecule has 0 aliphatic heterocycles. The van der Waals surface area contributed by atoms with Crippen LogP contribution in [-0.4, -0.2) is 5.97 Å². The highest BCUT2D eigenvalue weighted by molar-refractivity contribution is 6.55. The van der Waals surface area contributed by atoms with Gasteiger partial charge in [0.25, 0.3) is 0 Å². The van der Waals surface area contributed by atoms with Gasteiger partial charge in [0.1, 0.15) is 22.6 Å². The maximum absolute atomic E-state index is 12.1. The average molecular weight is 327 g/mol. The summed E-state index contributed by atoms with van der Waals surface area (Å²) in [7, 11) is 0. The Balaban J connectivity index is 1.91. The van der Waals surface area contributed by atoms with Crippen LogP contribution in [0, 0.1) is 29.6 Å². The molecule has 21 heavy (non-hydrogen) atoms. The molecule has 3 nitrogen and oxygen atoms in total. The Labute approximate surface area is 134 Å². The molecule has 112 valence electrons. The lowest BCUT2D eigenvalue weighted by Gasteiger charge is -2.03. The van der Waals surface area contributed by atoms with Crippen LogP contribution in [0.3, 0.4) is 0 Å². The third kappa shape index (κ3) is 3.64. The Morgan fingerprint density at radius 2 is 2.14 bits per heavy atom. The van der Waals surface area contributed by atoms with Gasteiger partial charge in [0.15, 0.2) is 0 Å². The third-order valence-electron chi connectivity index (χ3n) is 3.82. The van der Waals surface area contributed by atoms with E-state index in [9.17, 15) is 4.79 Å². The van der Waals surface area contributed by atoms with E-state index in [1.165, 1.54) is 0 Å². The quantitative estimate of drug-likeness (QED) is 0.604. The van der Waals surface area contributed by atoms with Crippen LogP contribution >= 0.6 is 23.2 Å². The number of hydrogen-bond acceptors (Lipinski definition) is 3. The van der Waals surface area contributed by atoms with Crippen molar-refractivity contribution in [1.82, 2.24) is 0 Å². The Bertz CT molecular complexity index is 603. The predicted octanol–water partition coefficient (Wildman–Crippen LogP) is 4.09. The molecule has 1 heterocycles. The SMILES string of the molecule is C#CCc1ccc(COC(=O)[C@@H]2[C@@H](C=C(Cl)Cl)C2(C)C)o1. The Morgan fingerprint density at radius 1 is 1.48 bits per heavy atom. The summed E-state index contributed by atoms with van der Waals surface area (Å²) in [6.07, 6.45) is 7.31. The summed E-state index contributed by atoms with van der Waals surface area (Å²) in [4.78, 5) is 12.1. The van der Waals surface area contributed by atoms with Gasteiger partial charge in [-0.1, -0.05) is 43.0 Å². The Kier molecular flexibility index (Phi) is 4.70. The third-order valence-corrected chi connectivity index (χ3v) is 4.07. The molecule has 0 amide bonds. The highest BCUT2D eigenvalue weighted by Gasteiger charge is 2.61. The van der Waals surface area contributed by atoms with Crippen molar-refractivity contribution in [3.05, 3.63) is 34.2 Å². The van der Waals surface area contributed by atoms with Gasteiger partial charge >= 0.3 is 5.97 Å². The first-order valence-electron chi connectivity index (χ1n) is 6.56. The van der Waals surface area contributed by atoms with E-state index in [-0.39, 0.29) is 34.3 Å². The molecule has 2 rings (SSSR count). The van der Waals surface area contributed by atoms with E-state index in [0.717, 1.165) is 0 Å². The van der Waals surface area contributed by atoms with Crippen molar-refractivity contribution in [3.8, 4) is 12.3 Å². The molecule has 0 unspecified atom stereocenters. The van der Waals surface area contributed by atoms with Crippen molar-refractivity contribution in [3.63, 3.8) is 0 Å². The van der Waals surface area contributed by atoms with Gasteiger partial charge in [0.05, 0.1) is 12.3 Å². The van der Waals surface area contributed by atoms with Crippen molar-refractivity contribution in [2.24, 2.45) is 17.3 Å². The molecule has 1 fully saturated rings. The molecule has 1 aliphatic rings. The molecule has 0 bridgehead atoms. The zero-order valence-corrected chi connectivity index (χ0v) is 13.4. The molecular formula is C16H16Cl2O3. The molecule has 1 saturated carbocycles. The van der Waals surface area contributed by atoms with Crippen molar-refractivity contribution in [2.75, 3.05) is 0 Å². The fourth-order valence-electron chi connectivity index (χ4n) is 2.50. The second-order valence-electron chi connectivity index (χ2n) is 5.64. The van der Waals surface area contributed by atoms with E-state index < -0.39 is 0 Å². The molecule has 1 aromatic heterocycles. The van der Waals surface area contributed by atoms with Gasteiger partial charge in [0.2, 0.25) is 0 Å². The normalized spacial score (nSPS) is 22.2. The fourth-order valence-corrected chi connectivity index (χ4v) is 2.77. The van der Waals surface area contributed by atoms with Crippen LogP contribution in [0.5, 0.6) is 0 Å².